The van der Waals surface area contributed by atoms with E-state index in [4.69, 9.17) is 4.74 Å². The molecule has 17 heavy (non-hydrogen) atoms. The molecule has 0 atom stereocenters. The van der Waals surface area contributed by atoms with Gasteiger partial charge in [0.1, 0.15) is 0 Å². The zero-order valence-electron chi connectivity index (χ0n) is 10.4. The Bertz CT molecular complexity index is 398. The number of aromatic amines is 1. The lowest BCUT2D eigenvalue weighted by Gasteiger charge is -2.12. The number of carbonyl (C=O) groups excluding carboxylic acids is 1. The topological polar surface area (TPSA) is 67.0 Å². The van der Waals surface area contributed by atoms with Crippen molar-refractivity contribution in [2.24, 2.45) is 5.92 Å². The van der Waals surface area contributed by atoms with Gasteiger partial charge in [-0.25, -0.2) is 0 Å². The normalized spacial score (nSPS) is 14.8. The molecule has 0 saturated heterocycles. The van der Waals surface area contributed by atoms with Crippen LogP contribution in [0.2, 0.25) is 0 Å². The Morgan fingerprint density at radius 1 is 1.59 bits per heavy atom. The van der Waals surface area contributed by atoms with Crippen molar-refractivity contribution in [3.63, 3.8) is 0 Å². The molecule has 2 heterocycles. The van der Waals surface area contributed by atoms with Crippen LogP contribution in [0.5, 0.6) is 0 Å². The maximum atomic E-state index is 11.9. The minimum Gasteiger partial charge on any atom is -0.376 e. The van der Waals surface area contributed by atoms with E-state index in [-0.39, 0.29) is 5.91 Å². The minimum atomic E-state index is -0.103. The number of nitrogens with zero attached hydrogens (tertiary/aromatic N) is 1. The second-order valence-corrected chi connectivity index (χ2v) is 4.77. The lowest BCUT2D eigenvalue weighted by molar-refractivity contribution is 0.0923. The first kappa shape index (κ1) is 12.1. The third kappa shape index (κ3) is 2.85. The molecule has 94 valence electrons. The number of nitrogens with one attached hydrogen (secondary N) is 2. The zero-order valence-corrected chi connectivity index (χ0v) is 10.4. The summed E-state index contributed by atoms with van der Waals surface area (Å²) in [5.74, 6) is 0.486. The molecule has 1 aliphatic heterocycles. The largest absolute Gasteiger partial charge is 0.376 e. The summed E-state index contributed by atoms with van der Waals surface area (Å²) in [4.78, 5) is 11.9. The van der Waals surface area contributed by atoms with Gasteiger partial charge in [0.2, 0.25) is 0 Å². The molecule has 0 bridgehead atoms. The van der Waals surface area contributed by atoms with Crippen LogP contribution in [0.4, 0.5) is 0 Å². The summed E-state index contributed by atoms with van der Waals surface area (Å²) < 4.78 is 5.35. The highest BCUT2D eigenvalue weighted by atomic mass is 16.5. The number of hydrogen-bond donors (Lipinski definition) is 2. The zero-order chi connectivity index (χ0) is 12.3. The lowest BCUT2D eigenvalue weighted by atomic mass is 10.1. The van der Waals surface area contributed by atoms with Crippen molar-refractivity contribution in [3.05, 3.63) is 17.0 Å². The van der Waals surface area contributed by atoms with Gasteiger partial charge in [-0.3, -0.25) is 9.89 Å². The molecule has 0 aliphatic carbocycles. The van der Waals surface area contributed by atoms with Crippen molar-refractivity contribution in [1.29, 1.82) is 0 Å². The van der Waals surface area contributed by atoms with Gasteiger partial charge in [-0.15, -0.1) is 0 Å². The van der Waals surface area contributed by atoms with Crippen molar-refractivity contribution < 1.29 is 9.53 Å². The minimum absolute atomic E-state index is 0.103. The maximum Gasteiger partial charge on any atom is 0.272 e. The average Bonchev–Trinajstić information content (AvgIpc) is 2.72. The maximum absolute atomic E-state index is 11.9. The molecule has 1 aliphatic rings. The Labute approximate surface area is 101 Å². The van der Waals surface area contributed by atoms with Gasteiger partial charge in [-0.05, 0) is 12.3 Å². The van der Waals surface area contributed by atoms with E-state index in [9.17, 15) is 4.79 Å². The summed E-state index contributed by atoms with van der Waals surface area (Å²) in [7, 11) is 0. The number of hydrogen-bond acceptors (Lipinski definition) is 3. The van der Waals surface area contributed by atoms with Gasteiger partial charge >= 0.3 is 0 Å². The highest BCUT2D eigenvalue weighted by Gasteiger charge is 2.21. The summed E-state index contributed by atoms with van der Waals surface area (Å²) >= 11 is 0. The number of fused-ring (bicyclic) bond motifs is 1. The van der Waals surface area contributed by atoms with Gasteiger partial charge in [0, 0.05) is 24.2 Å². The second kappa shape index (κ2) is 5.31. The Hall–Kier alpha value is -1.36. The highest BCUT2D eigenvalue weighted by Crippen LogP contribution is 2.17. The van der Waals surface area contributed by atoms with Gasteiger partial charge in [0.25, 0.3) is 5.91 Å². The Kier molecular flexibility index (Phi) is 3.78. The van der Waals surface area contributed by atoms with E-state index in [0.717, 1.165) is 24.1 Å². The van der Waals surface area contributed by atoms with Crippen LogP contribution >= 0.6 is 0 Å². The van der Waals surface area contributed by atoms with Crippen LogP contribution in [0.25, 0.3) is 0 Å². The average molecular weight is 237 g/mol. The van der Waals surface area contributed by atoms with Crippen molar-refractivity contribution >= 4 is 5.91 Å². The molecule has 2 rings (SSSR count). The number of ether oxygens (including phenoxy) is 1. The summed E-state index contributed by atoms with van der Waals surface area (Å²) in [6, 6.07) is 0. The summed E-state index contributed by atoms with van der Waals surface area (Å²) in [6.45, 7) is 6.15. The number of amides is 1. The third-order valence-corrected chi connectivity index (χ3v) is 2.92. The monoisotopic (exact) mass is 237 g/mol. The van der Waals surface area contributed by atoms with Crippen molar-refractivity contribution in [3.8, 4) is 0 Å². The smallest absolute Gasteiger partial charge is 0.272 e. The number of aromatic nitrogens is 2. The Morgan fingerprint density at radius 2 is 2.41 bits per heavy atom. The fourth-order valence-corrected chi connectivity index (χ4v) is 1.86. The standard InChI is InChI=1S/C12H19N3O2/c1-8(2)3-5-13-12(16)11-9-7-17-6-4-10(9)14-15-11/h8H,3-7H2,1-2H3,(H,13,16)(H,14,15). The van der Waals surface area contributed by atoms with E-state index in [1.54, 1.807) is 0 Å². The van der Waals surface area contributed by atoms with Crippen molar-refractivity contribution in [2.45, 2.75) is 33.3 Å². The molecule has 2 N–H and O–H groups in total. The van der Waals surface area contributed by atoms with Crippen LogP contribution in [0.3, 0.4) is 0 Å². The fraction of sp³-hybridized carbons (Fsp3) is 0.667. The number of H-pyrrole nitrogens is 1. The molecule has 1 aromatic heterocycles. The SMILES string of the molecule is CC(C)CCNC(=O)c1n[nH]c2c1COCC2. The predicted molar refractivity (Wildman–Crippen MR) is 63.7 cm³/mol. The van der Waals surface area contributed by atoms with Gasteiger partial charge in [0.15, 0.2) is 5.69 Å². The van der Waals surface area contributed by atoms with E-state index in [1.807, 2.05) is 0 Å². The van der Waals surface area contributed by atoms with E-state index < -0.39 is 0 Å². The van der Waals surface area contributed by atoms with Crippen molar-refractivity contribution in [2.75, 3.05) is 13.2 Å². The molecular formula is C12H19N3O2. The van der Waals surface area contributed by atoms with Crippen LogP contribution in [-0.2, 0) is 17.8 Å². The van der Waals surface area contributed by atoms with E-state index in [2.05, 4.69) is 29.4 Å². The second-order valence-electron chi connectivity index (χ2n) is 4.77. The quantitative estimate of drug-likeness (QED) is 0.828. The number of carbonyl (C=O) groups is 1. The van der Waals surface area contributed by atoms with Crippen LogP contribution in [0, 0.1) is 5.92 Å². The third-order valence-electron chi connectivity index (χ3n) is 2.92. The lowest BCUT2D eigenvalue weighted by Crippen LogP contribution is -2.27. The van der Waals surface area contributed by atoms with E-state index in [1.165, 1.54) is 0 Å². The van der Waals surface area contributed by atoms with Crippen LogP contribution in [0.1, 0.15) is 42.0 Å². The molecule has 5 heteroatoms. The molecule has 0 spiro atoms. The first-order chi connectivity index (χ1) is 8.18. The van der Waals surface area contributed by atoms with Crippen molar-refractivity contribution in [1.82, 2.24) is 15.5 Å². The molecule has 5 nitrogen and oxygen atoms in total. The molecule has 0 aromatic carbocycles. The predicted octanol–water partition coefficient (Wildman–Crippen LogP) is 1.26. The van der Waals surface area contributed by atoms with Gasteiger partial charge < -0.3 is 10.1 Å². The van der Waals surface area contributed by atoms with Gasteiger partial charge in [-0.2, -0.15) is 5.10 Å². The van der Waals surface area contributed by atoms with Crippen LogP contribution in [0.15, 0.2) is 0 Å². The van der Waals surface area contributed by atoms with E-state index >= 15 is 0 Å². The summed E-state index contributed by atoms with van der Waals surface area (Å²) in [6.07, 6.45) is 1.79. The Morgan fingerprint density at radius 3 is 3.18 bits per heavy atom. The molecule has 0 unspecified atom stereocenters. The molecule has 0 fully saturated rings. The van der Waals surface area contributed by atoms with E-state index in [0.29, 0.717) is 31.4 Å². The highest BCUT2D eigenvalue weighted by molar-refractivity contribution is 5.93. The number of rotatable bonds is 4. The van der Waals surface area contributed by atoms with Gasteiger partial charge in [-0.1, -0.05) is 13.8 Å². The molecule has 1 aromatic rings. The molecule has 0 saturated carbocycles. The molecule has 1 amide bonds. The van der Waals surface area contributed by atoms with Gasteiger partial charge in [0.05, 0.1) is 13.2 Å². The van der Waals surface area contributed by atoms with Crippen LogP contribution in [-0.4, -0.2) is 29.3 Å². The molecule has 0 radical (unpaired) electrons. The summed E-state index contributed by atoms with van der Waals surface area (Å²) in [5.41, 5.74) is 2.44. The fourth-order valence-electron chi connectivity index (χ4n) is 1.86. The Balaban J connectivity index is 1.97. The first-order valence-corrected chi connectivity index (χ1v) is 6.10. The molecular weight excluding hydrogens is 218 g/mol. The van der Waals surface area contributed by atoms with Crippen LogP contribution < -0.4 is 5.32 Å². The first-order valence-electron chi connectivity index (χ1n) is 6.10. The summed E-state index contributed by atoms with van der Waals surface area (Å²) in [5, 5.41) is 9.88.